The maximum Gasteiger partial charge on any atom is 0.262 e. The Morgan fingerprint density at radius 2 is 1.95 bits per heavy atom. The van der Waals surface area contributed by atoms with E-state index in [2.05, 4.69) is 43.2 Å². The number of carbonyl (C=O) groups is 2. The fraction of sp³-hybridized carbons (Fsp3) is 0.296. The summed E-state index contributed by atoms with van der Waals surface area (Å²) in [5.41, 5.74) is 7.68. The Balaban J connectivity index is 1.64. The van der Waals surface area contributed by atoms with Gasteiger partial charge in [-0.3, -0.25) is 9.59 Å². The molecular weight excluding hydrogens is 606 g/mol. The Morgan fingerprint density at radius 1 is 1.24 bits per heavy atom. The standard InChI is InChI=1S/C27H25Br2N3O5/c1-27(2)10-19(33)24-21(11-27)37-26(31)17(12-30)23(24)14-8-18(29)25(20(9-14)35-3)36-13-22(34)32-16-6-4-15(28)5-7-16/h4-9,23H,10-11,13,31H2,1-3H3,(H,32,34). The number of ether oxygens (including phenoxy) is 3. The number of allylic oxidation sites excluding steroid dienone is 3. The van der Waals surface area contributed by atoms with Gasteiger partial charge in [-0.25, -0.2) is 0 Å². The van der Waals surface area contributed by atoms with E-state index in [0.29, 0.717) is 51.4 Å². The topological polar surface area (TPSA) is 124 Å². The van der Waals surface area contributed by atoms with Crippen LogP contribution >= 0.6 is 31.9 Å². The van der Waals surface area contributed by atoms with Crippen molar-refractivity contribution < 1.29 is 23.8 Å². The second kappa shape index (κ2) is 10.6. The molecule has 0 aromatic heterocycles. The summed E-state index contributed by atoms with van der Waals surface area (Å²) >= 11 is 6.86. The number of nitrogens with one attached hydrogen (secondary N) is 1. The minimum atomic E-state index is -0.711. The number of amides is 1. The molecule has 2 aliphatic rings. The molecule has 0 bridgehead atoms. The first-order valence-electron chi connectivity index (χ1n) is 11.4. The van der Waals surface area contributed by atoms with Crippen LogP contribution in [0.25, 0.3) is 0 Å². The number of halogens is 2. The summed E-state index contributed by atoms with van der Waals surface area (Å²) in [4.78, 5) is 25.7. The predicted molar refractivity (Wildman–Crippen MR) is 145 cm³/mol. The van der Waals surface area contributed by atoms with E-state index < -0.39 is 5.92 Å². The van der Waals surface area contributed by atoms with E-state index in [4.69, 9.17) is 19.9 Å². The Morgan fingerprint density at radius 3 is 2.59 bits per heavy atom. The molecule has 192 valence electrons. The monoisotopic (exact) mass is 629 g/mol. The van der Waals surface area contributed by atoms with E-state index in [1.165, 1.54) is 7.11 Å². The zero-order valence-electron chi connectivity index (χ0n) is 20.5. The third-order valence-corrected chi connectivity index (χ3v) is 7.25. The molecule has 1 heterocycles. The van der Waals surface area contributed by atoms with Crippen molar-refractivity contribution in [1.82, 2.24) is 0 Å². The molecule has 0 spiro atoms. The highest BCUT2D eigenvalue weighted by Crippen LogP contribution is 2.49. The lowest BCUT2D eigenvalue weighted by molar-refractivity contribution is -0.119. The van der Waals surface area contributed by atoms with Crippen molar-refractivity contribution in [3.63, 3.8) is 0 Å². The van der Waals surface area contributed by atoms with E-state index in [9.17, 15) is 14.9 Å². The molecule has 2 aromatic carbocycles. The summed E-state index contributed by atoms with van der Waals surface area (Å²) in [7, 11) is 1.47. The molecule has 1 unspecified atom stereocenters. The van der Waals surface area contributed by atoms with Crippen LogP contribution in [0.2, 0.25) is 0 Å². The van der Waals surface area contributed by atoms with Gasteiger partial charge in [-0.15, -0.1) is 0 Å². The van der Waals surface area contributed by atoms with Crippen LogP contribution in [0.15, 0.2) is 68.1 Å². The van der Waals surface area contributed by atoms with Crippen LogP contribution in [0.1, 0.15) is 38.2 Å². The lowest BCUT2D eigenvalue weighted by Crippen LogP contribution is -2.33. The van der Waals surface area contributed by atoms with Crippen LogP contribution in [0.4, 0.5) is 5.69 Å². The number of rotatable bonds is 6. The smallest absolute Gasteiger partial charge is 0.262 e. The van der Waals surface area contributed by atoms with Crippen molar-refractivity contribution in [3.8, 4) is 17.6 Å². The molecule has 1 amide bonds. The van der Waals surface area contributed by atoms with Crippen molar-refractivity contribution in [2.45, 2.75) is 32.6 Å². The highest BCUT2D eigenvalue weighted by atomic mass is 79.9. The van der Waals surface area contributed by atoms with Crippen LogP contribution in [0, 0.1) is 16.7 Å². The zero-order chi connectivity index (χ0) is 26.9. The number of hydrogen-bond donors (Lipinski definition) is 2. The number of nitriles is 1. The minimum absolute atomic E-state index is 0.0169. The predicted octanol–water partition coefficient (Wildman–Crippen LogP) is 5.69. The maximum absolute atomic E-state index is 13.2. The summed E-state index contributed by atoms with van der Waals surface area (Å²) in [6.45, 7) is 3.72. The van der Waals surface area contributed by atoms with Gasteiger partial charge in [0.2, 0.25) is 5.88 Å². The largest absolute Gasteiger partial charge is 0.493 e. The lowest BCUT2D eigenvalue weighted by Gasteiger charge is -2.37. The van der Waals surface area contributed by atoms with E-state index in [0.717, 1.165) is 4.47 Å². The SMILES string of the molecule is COc1cc(C2C(C#N)=C(N)OC3=C2C(=O)CC(C)(C)C3)cc(Br)c1OCC(=O)Nc1ccc(Br)cc1. The number of anilines is 1. The fourth-order valence-electron chi connectivity index (χ4n) is 4.53. The van der Waals surface area contributed by atoms with Gasteiger partial charge >= 0.3 is 0 Å². The van der Waals surface area contributed by atoms with Crippen molar-refractivity contribution in [1.29, 1.82) is 5.26 Å². The van der Waals surface area contributed by atoms with Gasteiger partial charge in [0.15, 0.2) is 23.9 Å². The lowest BCUT2D eigenvalue weighted by atomic mass is 9.70. The van der Waals surface area contributed by atoms with Crippen molar-refractivity contribution in [2.75, 3.05) is 19.0 Å². The van der Waals surface area contributed by atoms with E-state index in [-0.39, 0.29) is 35.2 Å². The molecule has 0 fully saturated rings. The Kier molecular flexibility index (Phi) is 7.67. The third-order valence-electron chi connectivity index (χ3n) is 6.14. The highest BCUT2D eigenvalue weighted by molar-refractivity contribution is 9.10. The molecule has 0 saturated carbocycles. The normalized spacial score (nSPS) is 18.5. The van der Waals surface area contributed by atoms with Crippen molar-refractivity contribution >= 4 is 49.2 Å². The number of nitrogens with zero attached hydrogens (tertiary/aromatic N) is 1. The maximum atomic E-state index is 13.2. The molecule has 0 radical (unpaired) electrons. The highest BCUT2D eigenvalue weighted by Gasteiger charge is 2.43. The van der Waals surface area contributed by atoms with Gasteiger partial charge in [0.1, 0.15) is 17.4 Å². The molecule has 8 nitrogen and oxygen atoms in total. The van der Waals surface area contributed by atoms with E-state index in [1.54, 1.807) is 24.3 Å². The molecule has 1 aliphatic heterocycles. The molecular formula is C27H25Br2N3O5. The van der Waals surface area contributed by atoms with Gasteiger partial charge in [0.25, 0.3) is 5.91 Å². The van der Waals surface area contributed by atoms with Crippen LogP contribution in [-0.2, 0) is 14.3 Å². The Hall–Kier alpha value is -3.29. The molecule has 4 rings (SSSR count). The average Bonchev–Trinajstić information content (AvgIpc) is 2.82. The number of methoxy groups -OCH3 is 1. The van der Waals surface area contributed by atoms with Gasteiger partial charge in [0.05, 0.1) is 17.5 Å². The van der Waals surface area contributed by atoms with Gasteiger partial charge in [-0.05, 0) is 63.3 Å². The summed E-state index contributed by atoms with van der Waals surface area (Å²) in [6, 6.07) is 12.7. The van der Waals surface area contributed by atoms with Crippen molar-refractivity contribution in [2.24, 2.45) is 11.1 Å². The molecule has 1 atom stereocenters. The second-order valence-electron chi connectivity index (χ2n) is 9.58. The first-order chi connectivity index (χ1) is 17.5. The Bertz CT molecular complexity index is 1370. The summed E-state index contributed by atoms with van der Waals surface area (Å²) < 4.78 is 18.5. The summed E-state index contributed by atoms with van der Waals surface area (Å²) in [6.07, 6.45) is 0.855. The van der Waals surface area contributed by atoms with Gasteiger partial charge < -0.3 is 25.3 Å². The number of nitrogens with two attached hydrogens (primary N) is 1. The first kappa shape index (κ1) is 26.8. The number of hydrogen-bond acceptors (Lipinski definition) is 7. The minimum Gasteiger partial charge on any atom is -0.493 e. The van der Waals surface area contributed by atoms with Gasteiger partial charge in [-0.1, -0.05) is 29.8 Å². The van der Waals surface area contributed by atoms with Crippen LogP contribution in [-0.4, -0.2) is 25.4 Å². The quantitative estimate of drug-likeness (QED) is 0.420. The molecule has 10 heteroatoms. The van der Waals surface area contributed by atoms with Crippen LogP contribution in [0.5, 0.6) is 11.5 Å². The van der Waals surface area contributed by atoms with E-state index >= 15 is 0 Å². The van der Waals surface area contributed by atoms with Crippen LogP contribution in [0.3, 0.4) is 0 Å². The van der Waals surface area contributed by atoms with E-state index in [1.807, 2.05) is 26.0 Å². The summed E-state index contributed by atoms with van der Waals surface area (Å²) in [5.74, 6) is -0.0372. The Labute approximate surface area is 231 Å². The van der Waals surface area contributed by atoms with Crippen molar-refractivity contribution in [3.05, 3.63) is 73.7 Å². The molecule has 2 aromatic rings. The van der Waals surface area contributed by atoms with Gasteiger partial charge in [-0.2, -0.15) is 5.26 Å². The van der Waals surface area contributed by atoms with Gasteiger partial charge in [0, 0.05) is 28.6 Å². The third kappa shape index (κ3) is 5.68. The molecule has 3 N–H and O–H groups in total. The molecule has 37 heavy (non-hydrogen) atoms. The molecule has 0 saturated heterocycles. The number of Topliss-reactive ketones (excluding diaryl/α,β-unsaturated/α-hetero) is 1. The number of benzene rings is 2. The zero-order valence-corrected chi connectivity index (χ0v) is 23.7. The summed E-state index contributed by atoms with van der Waals surface area (Å²) in [5, 5.41) is 12.7. The number of carbonyl (C=O) groups excluding carboxylic acids is 2. The van der Waals surface area contributed by atoms with Crippen LogP contribution < -0.4 is 20.5 Å². The fourth-order valence-corrected chi connectivity index (χ4v) is 5.37. The first-order valence-corrected chi connectivity index (χ1v) is 13.0. The average molecular weight is 631 g/mol. The molecule has 1 aliphatic carbocycles. The second-order valence-corrected chi connectivity index (χ2v) is 11.4. The number of ketones is 1.